The second-order valence-electron chi connectivity index (χ2n) is 5.67. The topological polar surface area (TPSA) is 86.5 Å². The Balaban J connectivity index is 1.63. The fourth-order valence-electron chi connectivity index (χ4n) is 2.38. The molecule has 0 spiro atoms. The first-order valence-electron chi connectivity index (χ1n) is 7.63. The van der Waals surface area contributed by atoms with Crippen LogP contribution in [0.25, 0.3) is 0 Å². The number of hydrogen-bond donors (Lipinski definition) is 2. The summed E-state index contributed by atoms with van der Waals surface area (Å²) in [4.78, 5) is 16.6. The predicted molar refractivity (Wildman–Crippen MR) is 94.1 cm³/mol. The number of benzene rings is 1. The van der Waals surface area contributed by atoms with Gasteiger partial charge in [-0.05, 0) is 37.1 Å². The van der Waals surface area contributed by atoms with Crippen LogP contribution in [-0.4, -0.2) is 29.6 Å². The van der Waals surface area contributed by atoms with Gasteiger partial charge >= 0.3 is 0 Å². The number of aromatic nitrogens is 1. The Bertz CT molecular complexity index is 715. The van der Waals surface area contributed by atoms with Crippen molar-refractivity contribution in [1.82, 2.24) is 4.98 Å². The minimum absolute atomic E-state index is 0.215. The number of carbonyl (C=O) groups is 1. The molecule has 24 heavy (non-hydrogen) atoms. The van der Waals surface area contributed by atoms with Crippen LogP contribution in [0.3, 0.4) is 0 Å². The molecular weight excluding hydrogens is 374 g/mol. The molecule has 0 aliphatic carbocycles. The highest BCUT2D eigenvalue weighted by Crippen LogP contribution is 2.24. The minimum Gasteiger partial charge on any atom is -0.439 e. The molecule has 1 amide bonds. The van der Waals surface area contributed by atoms with E-state index in [1.54, 1.807) is 18.3 Å². The van der Waals surface area contributed by atoms with Crippen molar-refractivity contribution in [2.75, 3.05) is 18.5 Å². The van der Waals surface area contributed by atoms with Crippen LogP contribution in [0.2, 0.25) is 0 Å². The monoisotopic (exact) mass is 391 g/mol. The SMILES string of the molecule is NC1(C(=O)Nc2ccc(Oc3cccc(Br)c3)nc2)CCOCC1. The average molecular weight is 392 g/mol. The lowest BCUT2D eigenvalue weighted by Crippen LogP contribution is -2.54. The van der Waals surface area contributed by atoms with Gasteiger partial charge in [-0.3, -0.25) is 4.79 Å². The minimum atomic E-state index is -0.885. The maximum absolute atomic E-state index is 12.3. The molecule has 1 aliphatic rings. The van der Waals surface area contributed by atoms with E-state index in [0.29, 0.717) is 43.4 Å². The van der Waals surface area contributed by atoms with Crippen molar-refractivity contribution in [3.63, 3.8) is 0 Å². The third-order valence-electron chi connectivity index (χ3n) is 3.85. The summed E-state index contributed by atoms with van der Waals surface area (Å²) in [6.07, 6.45) is 2.57. The molecule has 7 heteroatoms. The number of pyridine rings is 1. The van der Waals surface area contributed by atoms with E-state index in [1.807, 2.05) is 24.3 Å². The first kappa shape index (κ1) is 16.9. The summed E-state index contributed by atoms with van der Waals surface area (Å²) in [6.45, 7) is 1.00. The van der Waals surface area contributed by atoms with Crippen LogP contribution < -0.4 is 15.8 Å². The number of rotatable bonds is 4. The molecule has 0 bridgehead atoms. The highest BCUT2D eigenvalue weighted by molar-refractivity contribution is 9.10. The van der Waals surface area contributed by atoms with Gasteiger partial charge in [0, 0.05) is 23.8 Å². The number of hydrogen-bond acceptors (Lipinski definition) is 5. The van der Waals surface area contributed by atoms with Crippen LogP contribution in [0.4, 0.5) is 5.69 Å². The van der Waals surface area contributed by atoms with Gasteiger partial charge in [-0.2, -0.15) is 0 Å². The van der Waals surface area contributed by atoms with Crippen molar-refractivity contribution in [2.45, 2.75) is 18.4 Å². The van der Waals surface area contributed by atoms with E-state index in [9.17, 15) is 4.79 Å². The standard InChI is InChI=1S/C17H18BrN3O3/c18-12-2-1-3-14(10-12)24-15-5-4-13(11-20-15)21-16(22)17(19)6-8-23-9-7-17/h1-5,10-11H,6-9,19H2,(H,21,22). The van der Waals surface area contributed by atoms with Gasteiger partial charge in [-0.1, -0.05) is 22.0 Å². The van der Waals surface area contributed by atoms with E-state index in [0.717, 1.165) is 4.47 Å². The number of nitrogens with one attached hydrogen (secondary N) is 1. The smallest absolute Gasteiger partial charge is 0.244 e. The first-order chi connectivity index (χ1) is 11.5. The van der Waals surface area contributed by atoms with Crippen molar-refractivity contribution in [3.05, 3.63) is 47.1 Å². The Hall–Kier alpha value is -1.96. The van der Waals surface area contributed by atoms with Crippen molar-refractivity contribution < 1.29 is 14.3 Å². The van der Waals surface area contributed by atoms with E-state index < -0.39 is 5.54 Å². The summed E-state index contributed by atoms with van der Waals surface area (Å²) in [5.74, 6) is 0.907. The third kappa shape index (κ3) is 4.11. The molecule has 1 aromatic heterocycles. The molecule has 3 rings (SSSR count). The van der Waals surface area contributed by atoms with Crippen molar-refractivity contribution in [2.24, 2.45) is 5.73 Å². The Labute approximate surface area is 148 Å². The average Bonchev–Trinajstić information content (AvgIpc) is 2.57. The van der Waals surface area contributed by atoms with Gasteiger partial charge in [0.25, 0.3) is 0 Å². The Morgan fingerprint density at radius 1 is 1.29 bits per heavy atom. The maximum atomic E-state index is 12.3. The molecule has 1 saturated heterocycles. The van der Waals surface area contributed by atoms with Crippen molar-refractivity contribution >= 4 is 27.5 Å². The summed E-state index contributed by atoms with van der Waals surface area (Å²) < 4.78 is 11.8. The van der Waals surface area contributed by atoms with Gasteiger partial charge in [-0.25, -0.2) is 4.98 Å². The van der Waals surface area contributed by atoms with Gasteiger partial charge in [-0.15, -0.1) is 0 Å². The highest BCUT2D eigenvalue weighted by Gasteiger charge is 2.35. The Morgan fingerprint density at radius 2 is 2.08 bits per heavy atom. The van der Waals surface area contributed by atoms with Gasteiger partial charge < -0.3 is 20.5 Å². The molecular formula is C17H18BrN3O3. The van der Waals surface area contributed by atoms with E-state index in [-0.39, 0.29) is 5.91 Å². The number of ether oxygens (including phenoxy) is 2. The van der Waals surface area contributed by atoms with Crippen LogP contribution in [0.15, 0.2) is 47.1 Å². The normalized spacial score (nSPS) is 16.4. The molecule has 6 nitrogen and oxygen atoms in total. The second kappa shape index (κ2) is 7.29. The molecule has 2 heterocycles. The molecule has 3 N–H and O–H groups in total. The first-order valence-corrected chi connectivity index (χ1v) is 8.42. The molecule has 1 fully saturated rings. The molecule has 0 atom stereocenters. The summed E-state index contributed by atoms with van der Waals surface area (Å²) in [6, 6.07) is 10.9. The van der Waals surface area contributed by atoms with E-state index in [1.165, 1.54) is 0 Å². The molecule has 1 aromatic carbocycles. The van der Waals surface area contributed by atoms with Crippen LogP contribution in [0, 0.1) is 0 Å². The van der Waals surface area contributed by atoms with E-state index >= 15 is 0 Å². The molecule has 2 aromatic rings. The number of amides is 1. The van der Waals surface area contributed by atoms with Gasteiger partial charge in [0.2, 0.25) is 11.8 Å². The van der Waals surface area contributed by atoms with Crippen LogP contribution in [0.5, 0.6) is 11.6 Å². The number of nitrogens with two attached hydrogens (primary N) is 1. The number of carbonyl (C=O) groups excluding carboxylic acids is 1. The molecule has 126 valence electrons. The lowest BCUT2D eigenvalue weighted by Gasteiger charge is -2.31. The van der Waals surface area contributed by atoms with Crippen LogP contribution >= 0.6 is 15.9 Å². The molecule has 0 unspecified atom stereocenters. The lowest BCUT2D eigenvalue weighted by molar-refractivity contribution is -0.124. The second-order valence-corrected chi connectivity index (χ2v) is 6.58. The van der Waals surface area contributed by atoms with Crippen molar-refractivity contribution in [3.8, 4) is 11.6 Å². The van der Waals surface area contributed by atoms with Crippen molar-refractivity contribution in [1.29, 1.82) is 0 Å². The van der Waals surface area contributed by atoms with Gasteiger partial charge in [0.1, 0.15) is 11.3 Å². The largest absolute Gasteiger partial charge is 0.439 e. The molecule has 0 saturated carbocycles. The maximum Gasteiger partial charge on any atom is 0.244 e. The lowest BCUT2D eigenvalue weighted by atomic mass is 9.90. The Morgan fingerprint density at radius 3 is 2.75 bits per heavy atom. The third-order valence-corrected chi connectivity index (χ3v) is 4.34. The highest BCUT2D eigenvalue weighted by atomic mass is 79.9. The van der Waals surface area contributed by atoms with E-state index in [2.05, 4.69) is 26.2 Å². The Kier molecular flexibility index (Phi) is 5.13. The zero-order valence-corrected chi connectivity index (χ0v) is 14.6. The number of nitrogens with zero attached hydrogens (tertiary/aromatic N) is 1. The molecule has 0 radical (unpaired) electrons. The van der Waals surface area contributed by atoms with Gasteiger partial charge in [0.15, 0.2) is 0 Å². The summed E-state index contributed by atoms with van der Waals surface area (Å²) in [5.41, 5.74) is 5.85. The van der Waals surface area contributed by atoms with E-state index in [4.69, 9.17) is 15.2 Å². The number of halogens is 1. The summed E-state index contributed by atoms with van der Waals surface area (Å²) in [7, 11) is 0. The summed E-state index contributed by atoms with van der Waals surface area (Å²) in [5, 5.41) is 2.81. The fraction of sp³-hybridized carbons (Fsp3) is 0.294. The predicted octanol–water partition coefficient (Wildman–Crippen LogP) is 3.08. The summed E-state index contributed by atoms with van der Waals surface area (Å²) >= 11 is 3.39. The van der Waals surface area contributed by atoms with Crippen LogP contribution in [-0.2, 0) is 9.53 Å². The van der Waals surface area contributed by atoms with Crippen LogP contribution in [0.1, 0.15) is 12.8 Å². The zero-order chi connectivity index (χ0) is 17.0. The zero-order valence-electron chi connectivity index (χ0n) is 13.0. The number of anilines is 1. The molecule has 1 aliphatic heterocycles. The van der Waals surface area contributed by atoms with Gasteiger partial charge in [0.05, 0.1) is 11.9 Å². The fourth-order valence-corrected chi connectivity index (χ4v) is 2.76. The quantitative estimate of drug-likeness (QED) is 0.835.